The number of nitrogens with zero attached hydrogens (tertiary/aromatic N) is 1. The lowest BCUT2D eigenvalue weighted by Crippen LogP contribution is -1.97. The molecule has 0 saturated heterocycles. The van der Waals surface area contributed by atoms with Gasteiger partial charge in [0.05, 0.1) is 11.6 Å². The summed E-state index contributed by atoms with van der Waals surface area (Å²) in [6, 6.07) is 13.7. The molecule has 0 heterocycles. The van der Waals surface area contributed by atoms with Crippen LogP contribution < -0.4 is 4.74 Å². The minimum absolute atomic E-state index is 0.211. The highest BCUT2D eigenvalue weighted by atomic mass is 79.9. The van der Waals surface area contributed by atoms with E-state index in [4.69, 9.17) is 10.00 Å². The molecule has 0 radical (unpaired) electrons. The van der Waals surface area contributed by atoms with E-state index in [1.807, 2.05) is 6.07 Å². The van der Waals surface area contributed by atoms with Gasteiger partial charge in [0.1, 0.15) is 6.61 Å². The molecule has 2 aromatic carbocycles. The number of rotatable bonds is 3. The molecule has 0 amide bonds. The maximum absolute atomic E-state index is 13.5. The van der Waals surface area contributed by atoms with E-state index in [9.17, 15) is 4.39 Å². The Kier molecular flexibility index (Phi) is 3.96. The van der Waals surface area contributed by atoms with Crippen molar-refractivity contribution >= 4 is 15.9 Å². The molecule has 0 aliphatic carbocycles. The van der Waals surface area contributed by atoms with Gasteiger partial charge in [-0.25, -0.2) is 4.39 Å². The Morgan fingerprint density at radius 1 is 1.17 bits per heavy atom. The topological polar surface area (TPSA) is 33.0 Å². The molecule has 2 aromatic rings. The molecule has 0 N–H and O–H groups in total. The lowest BCUT2D eigenvalue weighted by atomic mass is 10.2. The smallest absolute Gasteiger partial charge is 0.166 e. The largest absolute Gasteiger partial charge is 0.486 e. The van der Waals surface area contributed by atoms with Gasteiger partial charge in [-0.1, -0.05) is 28.1 Å². The van der Waals surface area contributed by atoms with Crippen molar-refractivity contribution in [1.82, 2.24) is 0 Å². The summed E-state index contributed by atoms with van der Waals surface area (Å²) in [5.41, 5.74) is 1.48. The molecule has 0 aromatic heterocycles. The zero-order chi connectivity index (χ0) is 13.0. The number of hydrogen-bond acceptors (Lipinski definition) is 2. The van der Waals surface area contributed by atoms with Crippen LogP contribution in [0, 0.1) is 17.1 Å². The number of benzene rings is 2. The first-order valence-corrected chi connectivity index (χ1v) is 6.05. The molecule has 2 rings (SSSR count). The summed E-state index contributed by atoms with van der Waals surface area (Å²) >= 11 is 3.18. The first kappa shape index (κ1) is 12.6. The van der Waals surface area contributed by atoms with Crippen LogP contribution in [-0.2, 0) is 6.61 Å². The van der Waals surface area contributed by atoms with Gasteiger partial charge in [-0.05, 0) is 35.9 Å². The summed E-state index contributed by atoms with van der Waals surface area (Å²) in [5, 5.41) is 8.66. The van der Waals surface area contributed by atoms with E-state index in [1.54, 1.807) is 36.4 Å². The Bertz CT molecular complexity index is 590. The third-order valence-corrected chi connectivity index (χ3v) is 2.86. The first-order chi connectivity index (χ1) is 8.69. The summed E-state index contributed by atoms with van der Waals surface area (Å²) in [6.45, 7) is 0.268. The van der Waals surface area contributed by atoms with Crippen molar-refractivity contribution in [3.8, 4) is 11.8 Å². The average molecular weight is 306 g/mol. The molecule has 0 bridgehead atoms. The quantitative estimate of drug-likeness (QED) is 0.857. The predicted octanol–water partition coefficient (Wildman–Crippen LogP) is 4.04. The van der Waals surface area contributed by atoms with Crippen LogP contribution in [0.25, 0.3) is 0 Å². The normalized spacial score (nSPS) is 9.83. The summed E-state index contributed by atoms with van der Waals surface area (Å²) in [7, 11) is 0. The molecule has 0 aliphatic heterocycles. The lowest BCUT2D eigenvalue weighted by Gasteiger charge is -2.07. The van der Waals surface area contributed by atoms with Gasteiger partial charge in [-0.15, -0.1) is 0 Å². The van der Waals surface area contributed by atoms with Crippen molar-refractivity contribution in [2.24, 2.45) is 0 Å². The van der Waals surface area contributed by atoms with Crippen LogP contribution >= 0.6 is 15.9 Å². The maximum atomic E-state index is 13.5. The number of ether oxygens (including phenoxy) is 1. The highest BCUT2D eigenvalue weighted by molar-refractivity contribution is 9.10. The second kappa shape index (κ2) is 5.65. The Morgan fingerprint density at radius 3 is 2.50 bits per heavy atom. The van der Waals surface area contributed by atoms with Gasteiger partial charge in [0.15, 0.2) is 11.6 Å². The third kappa shape index (κ3) is 3.08. The number of nitriles is 1. The fourth-order valence-corrected chi connectivity index (χ4v) is 1.76. The second-order valence-electron chi connectivity index (χ2n) is 3.67. The van der Waals surface area contributed by atoms with Crippen LogP contribution in [0.15, 0.2) is 46.9 Å². The van der Waals surface area contributed by atoms with E-state index < -0.39 is 5.82 Å². The van der Waals surface area contributed by atoms with Crippen LogP contribution in [-0.4, -0.2) is 0 Å². The van der Waals surface area contributed by atoms with E-state index >= 15 is 0 Å². The van der Waals surface area contributed by atoms with Crippen molar-refractivity contribution in [3.05, 3.63) is 63.9 Å². The van der Waals surface area contributed by atoms with Gasteiger partial charge in [0.25, 0.3) is 0 Å². The minimum Gasteiger partial charge on any atom is -0.486 e. The van der Waals surface area contributed by atoms with E-state index in [2.05, 4.69) is 15.9 Å². The lowest BCUT2D eigenvalue weighted by molar-refractivity contribution is 0.290. The Labute approximate surface area is 113 Å². The summed E-state index contributed by atoms with van der Waals surface area (Å²) in [6.07, 6.45) is 0. The predicted molar refractivity (Wildman–Crippen MR) is 69.6 cm³/mol. The Hall–Kier alpha value is -1.86. The summed E-state index contributed by atoms with van der Waals surface area (Å²) in [4.78, 5) is 0. The van der Waals surface area contributed by atoms with E-state index in [0.717, 1.165) is 5.56 Å². The van der Waals surface area contributed by atoms with Crippen molar-refractivity contribution in [3.63, 3.8) is 0 Å². The van der Waals surface area contributed by atoms with Crippen LogP contribution in [0.5, 0.6) is 5.75 Å². The van der Waals surface area contributed by atoms with E-state index in [0.29, 0.717) is 10.0 Å². The van der Waals surface area contributed by atoms with Gasteiger partial charge in [0, 0.05) is 4.47 Å². The SMILES string of the molecule is N#Cc1ccc(COc2ccc(Br)cc2F)cc1. The minimum atomic E-state index is -0.405. The highest BCUT2D eigenvalue weighted by Gasteiger charge is 2.04. The van der Waals surface area contributed by atoms with Crippen molar-refractivity contribution in [2.45, 2.75) is 6.61 Å². The molecule has 0 spiro atoms. The zero-order valence-electron chi connectivity index (χ0n) is 9.36. The van der Waals surface area contributed by atoms with Crippen LogP contribution in [0.1, 0.15) is 11.1 Å². The van der Waals surface area contributed by atoms with Crippen molar-refractivity contribution < 1.29 is 9.13 Å². The number of halogens is 2. The second-order valence-corrected chi connectivity index (χ2v) is 4.59. The molecule has 90 valence electrons. The molecule has 0 aliphatic rings. The van der Waals surface area contributed by atoms with E-state index in [-0.39, 0.29) is 12.4 Å². The van der Waals surface area contributed by atoms with Crippen molar-refractivity contribution in [1.29, 1.82) is 5.26 Å². The Morgan fingerprint density at radius 2 is 1.89 bits per heavy atom. The Balaban J connectivity index is 2.04. The van der Waals surface area contributed by atoms with E-state index in [1.165, 1.54) is 6.07 Å². The average Bonchev–Trinajstić information content (AvgIpc) is 2.38. The molecule has 18 heavy (non-hydrogen) atoms. The fraction of sp³-hybridized carbons (Fsp3) is 0.0714. The number of hydrogen-bond donors (Lipinski definition) is 0. The first-order valence-electron chi connectivity index (χ1n) is 5.26. The van der Waals surface area contributed by atoms with Crippen molar-refractivity contribution in [2.75, 3.05) is 0 Å². The highest BCUT2D eigenvalue weighted by Crippen LogP contribution is 2.22. The fourth-order valence-electron chi connectivity index (χ4n) is 1.43. The summed E-state index contributed by atoms with van der Waals surface area (Å²) in [5.74, 6) is -0.194. The standard InChI is InChI=1S/C14H9BrFNO/c15-12-5-6-14(13(16)7-12)18-9-11-3-1-10(8-17)2-4-11/h1-7H,9H2. The zero-order valence-corrected chi connectivity index (χ0v) is 10.9. The van der Waals surface area contributed by atoms with Crippen LogP contribution in [0.3, 0.4) is 0 Å². The molecule has 0 unspecified atom stereocenters. The molecular weight excluding hydrogens is 297 g/mol. The maximum Gasteiger partial charge on any atom is 0.166 e. The van der Waals surface area contributed by atoms with Gasteiger partial charge in [-0.3, -0.25) is 0 Å². The third-order valence-electron chi connectivity index (χ3n) is 2.37. The molecule has 4 heteroatoms. The molecule has 0 fully saturated rings. The van der Waals surface area contributed by atoms with Crippen LogP contribution in [0.4, 0.5) is 4.39 Å². The molecular formula is C14H9BrFNO. The van der Waals surface area contributed by atoms with Gasteiger partial charge >= 0.3 is 0 Å². The monoisotopic (exact) mass is 305 g/mol. The molecule has 2 nitrogen and oxygen atoms in total. The molecule has 0 saturated carbocycles. The van der Waals surface area contributed by atoms with Crippen LogP contribution in [0.2, 0.25) is 0 Å². The van der Waals surface area contributed by atoms with Gasteiger partial charge < -0.3 is 4.74 Å². The van der Waals surface area contributed by atoms with Gasteiger partial charge in [-0.2, -0.15) is 5.26 Å². The van der Waals surface area contributed by atoms with Gasteiger partial charge in [0.2, 0.25) is 0 Å². The molecule has 0 atom stereocenters. The summed E-state index contributed by atoms with van der Waals surface area (Å²) < 4.78 is 19.5.